The topological polar surface area (TPSA) is 69.7 Å². The summed E-state index contributed by atoms with van der Waals surface area (Å²) in [5.41, 5.74) is 0.537. The van der Waals surface area contributed by atoms with Crippen LogP contribution in [0.15, 0.2) is 12.1 Å². The molecule has 1 N–H and O–H groups in total. The minimum absolute atomic E-state index is 0.152. The minimum atomic E-state index is -0.831. The average molecular weight is 338 g/mol. The number of carbonyl (C=O) groups is 1. The number of carbonyl (C=O) groups excluding carboxylic acids is 1. The first-order valence-corrected chi connectivity index (χ1v) is 8.60. The molecular weight excluding hydrogens is 308 g/mol. The van der Waals surface area contributed by atoms with Crippen LogP contribution in [0.2, 0.25) is 0 Å². The number of rotatable bonds is 11. The van der Waals surface area contributed by atoms with Gasteiger partial charge in [-0.25, -0.2) is 4.98 Å². The predicted molar refractivity (Wildman–Crippen MR) is 94.5 cm³/mol. The summed E-state index contributed by atoms with van der Waals surface area (Å²) in [7, 11) is 0. The molecule has 0 saturated carbocycles. The number of aryl methyl sites for hydroxylation is 1. The number of amides is 1. The van der Waals surface area contributed by atoms with E-state index in [4.69, 9.17) is 14.2 Å². The highest BCUT2D eigenvalue weighted by Crippen LogP contribution is 2.23. The van der Waals surface area contributed by atoms with Gasteiger partial charge < -0.3 is 19.5 Å². The Morgan fingerprint density at radius 1 is 1.21 bits per heavy atom. The van der Waals surface area contributed by atoms with Gasteiger partial charge in [-0.05, 0) is 40.2 Å². The smallest absolute Gasteiger partial charge is 0.256 e. The van der Waals surface area contributed by atoms with Crippen molar-refractivity contribution in [2.45, 2.75) is 53.1 Å². The molecule has 1 atom stereocenters. The van der Waals surface area contributed by atoms with Crippen molar-refractivity contribution in [3.8, 4) is 5.88 Å². The second kappa shape index (κ2) is 10.3. The fourth-order valence-electron chi connectivity index (χ4n) is 2.40. The molecule has 0 aliphatic heterocycles. The highest BCUT2D eigenvalue weighted by Gasteiger charge is 2.33. The van der Waals surface area contributed by atoms with Crippen LogP contribution >= 0.6 is 0 Å². The third kappa shape index (κ3) is 6.09. The van der Waals surface area contributed by atoms with Crippen LogP contribution in [0.3, 0.4) is 0 Å². The van der Waals surface area contributed by atoms with Crippen LogP contribution in [0.4, 0.5) is 5.69 Å². The van der Waals surface area contributed by atoms with E-state index in [9.17, 15) is 4.79 Å². The number of nitrogens with one attached hydrogen (secondary N) is 1. The van der Waals surface area contributed by atoms with Crippen molar-refractivity contribution in [1.29, 1.82) is 0 Å². The van der Waals surface area contributed by atoms with Crippen LogP contribution in [-0.2, 0) is 14.3 Å². The molecule has 0 spiro atoms. The van der Waals surface area contributed by atoms with Crippen LogP contribution in [0, 0.1) is 6.92 Å². The van der Waals surface area contributed by atoms with Gasteiger partial charge in [0, 0.05) is 19.3 Å². The van der Waals surface area contributed by atoms with E-state index < -0.39 is 5.60 Å². The SMILES string of the molecule is CCC[C@](C)(OCC)C(=O)Nc1ccc(OCCOCC)nc1C. The van der Waals surface area contributed by atoms with Crippen molar-refractivity contribution in [2.24, 2.45) is 0 Å². The van der Waals surface area contributed by atoms with Crippen LogP contribution < -0.4 is 10.1 Å². The van der Waals surface area contributed by atoms with Crippen LogP contribution in [-0.4, -0.2) is 42.9 Å². The van der Waals surface area contributed by atoms with Crippen molar-refractivity contribution in [3.63, 3.8) is 0 Å². The third-order valence-corrected chi connectivity index (χ3v) is 3.66. The Morgan fingerprint density at radius 2 is 1.96 bits per heavy atom. The second-order valence-electron chi connectivity index (χ2n) is 5.70. The molecule has 1 aromatic heterocycles. The Labute approximate surface area is 144 Å². The van der Waals surface area contributed by atoms with Gasteiger partial charge in [-0.2, -0.15) is 0 Å². The van der Waals surface area contributed by atoms with Gasteiger partial charge in [0.05, 0.1) is 18.0 Å². The molecule has 0 aliphatic rings. The number of hydrogen-bond donors (Lipinski definition) is 1. The summed E-state index contributed by atoms with van der Waals surface area (Å²) in [6.07, 6.45) is 1.53. The number of anilines is 1. The molecule has 0 saturated heterocycles. The summed E-state index contributed by atoms with van der Waals surface area (Å²) in [5, 5.41) is 2.92. The van der Waals surface area contributed by atoms with E-state index in [1.807, 2.05) is 34.6 Å². The Bertz CT molecular complexity index is 514. The van der Waals surface area contributed by atoms with Crippen molar-refractivity contribution in [2.75, 3.05) is 31.7 Å². The van der Waals surface area contributed by atoms with Crippen molar-refractivity contribution < 1.29 is 19.0 Å². The van der Waals surface area contributed by atoms with Crippen molar-refractivity contribution in [3.05, 3.63) is 17.8 Å². The van der Waals surface area contributed by atoms with Crippen molar-refractivity contribution in [1.82, 2.24) is 4.98 Å². The summed E-state index contributed by atoms with van der Waals surface area (Å²) in [4.78, 5) is 16.9. The first-order valence-electron chi connectivity index (χ1n) is 8.60. The highest BCUT2D eigenvalue weighted by atomic mass is 16.5. The molecular formula is C18H30N2O4. The molecule has 1 heterocycles. The first-order chi connectivity index (χ1) is 11.5. The van der Waals surface area contributed by atoms with Gasteiger partial charge in [-0.1, -0.05) is 13.3 Å². The lowest BCUT2D eigenvalue weighted by Crippen LogP contribution is -2.42. The number of pyridine rings is 1. The quantitative estimate of drug-likeness (QED) is 0.627. The highest BCUT2D eigenvalue weighted by molar-refractivity contribution is 5.97. The monoisotopic (exact) mass is 338 g/mol. The third-order valence-electron chi connectivity index (χ3n) is 3.66. The predicted octanol–water partition coefficient (Wildman–Crippen LogP) is 3.34. The van der Waals surface area contributed by atoms with Crippen LogP contribution in [0.5, 0.6) is 5.88 Å². The Kier molecular flexibility index (Phi) is 8.71. The van der Waals surface area contributed by atoms with Crippen LogP contribution in [0.1, 0.15) is 46.2 Å². The molecule has 1 aromatic rings. The maximum absolute atomic E-state index is 12.6. The Hall–Kier alpha value is -1.66. The van der Waals surface area contributed by atoms with Gasteiger partial charge in [0.25, 0.3) is 5.91 Å². The fourth-order valence-corrected chi connectivity index (χ4v) is 2.40. The van der Waals surface area contributed by atoms with Gasteiger partial charge in [0.2, 0.25) is 5.88 Å². The van der Waals surface area contributed by atoms with E-state index in [-0.39, 0.29) is 5.91 Å². The zero-order valence-corrected chi connectivity index (χ0v) is 15.5. The molecule has 0 aliphatic carbocycles. The van der Waals surface area contributed by atoms with Crippen LogP contribution in [0.25, 0.3) is 0 Å². The lowest BCUT2D eigenvalue weighted by molar-refractivity contribution is -0.139. The van der Waals surface area contributed by atoms with E-state index in [1.54, 1.807) is 12.1 Å². The molecule has 0 fully saturated rings. The summed E-state index contributed by atoms with van der Waals surface area (Å²) >= 11 is 0. The van der Waals surface area contributed by atoms with Crippen molar-refractivity contribution >= 4 is 11.6 Å². The zero-order chi connectivity index (χ0) is 18.0. The molecule has 0 unspecified atom stereocenters. The Balaban J connectivity index is 2.71. The molecule has 6 heteroatoms. The average Bonchev–Trinajstić information content (AvgIpc) is 2.54. The molecule has 1 rings (SSSR count). The number of ether oxygens (including phenoxy) is 3. The normalized spacial score (nSPS) is 13.4. The van der Waals surface area contributed by atoms with Gasteiger partial charge in [0.1, 0.15) is 12.2 Å². The molecule has 136 valence electrons. The maximum Gasteiger partial charge on any atom is 0.256 e. The van der Waals surface area contributed by atoms with E-state index in [0.717, 1.165) is 6.42 Å². The number of hydrogen-bond acceptors (Lipinski definition) is 5. The van der Waals surface area contributed by atoms with Gasteiger partial charge in [0.15, 0.2) is 0 Å². The summed E-state index contributed by atoms with van der Waals surface area (Å²) in [6.45, 7) is 11.7. The maximum atomic E-state index is 12.6. The second-order valence-corrected chi connectivity index (χ2v) is 5.70. The Morgan fingerprint density at radius 3 is 2.54 bits per heavy atom. The molecule has 24 heavy (non-hydrogen) atoms. The molecule has 0 radical (unpaired) electrons. The summed E-state index contributed by atoms with van der Waals surface area (Å²) < 4.78 is 16.4. The summed E-state index contributed by atoms with van der Waals surface area (Å²) in [6, 6.07) is 3.54. The molecule has 6 nitrogen and oxygen atoms in total. The van der Waals surface area contributed by atoms with E-state index in [0.29, 0.717) is 50.1 Å². The van der Waals surface area contributed by atoms with Gasteiger partial charge >= 0.3 is 0 Å². The van der Waals surface area contributed by atoms with E-state index in [1.165, 1.54) is 0 Å². The van der Waals surface area contributed by atoms with Gasteiger partial charge in [-0.15, -0.1) is 0 Å². The zero-order valence-electron chi connectivity index (χ0n) is 15.5. The summed E-state index contributed by atoms with van der Waals surface area (Å²) in [5.74, 6) is 0.368. The lowest BCUT2D eigenvalue weighted by atomic mass is 9.99. The molecule has 0 aromatic carbocycles. The lowest BCUT2D eigenvalue weighted by Gasteiger charge is -2.28. The van der Waals surface area contributed by atoms with E-state index >= 15 is 0 Å². The number of nitrogens with zero attached hydrogens (tertiary/aromatic N) is 1. The standard InChI is InChI=1S/C18H30N2O4/c1-6-11-18(5,24-8-3)17(21)20-15-9-10-16(19-14(15)4)23-13-12-22-7-2/h9-10H,6-8,11-13H2,1-5H3,(H,20,21)/t18-/m0/s1. The fraction of sp³-hybridized carbons (Fsp3) is 0.667. The minimum Gasteiger partial charge on any atom is -0.475 e. The molecule has 0 bridgehead atoms. The largest absolute Gasteiger partial charge is 0.475 e. The van der Waals surface area contributed by atoms with E-state index in [2.05, 4.69) is 10.3 Å². The van der Waals surface area contributed by atoms with Gasteiger partial charge in [-0.3, -0.25) is 4.79 Å². The first kappa shape index (κ1) is 20.4. The number of aromatic nitrogens is 1. The molecule has 1 amide bonds.